The van der Waals surface area contributed by atoms with Crippen molar-refractivity contribution in [1.29, 1.82) is 0 Å². The number of nitrogens with one attached hydrogen (secondary N) is 2. The molecule has 1 aliphatic heterocycles. The second-order valence-corrected chi connectivity index (χ2v) is 9.65. The van der Waals surface area contributed by atoms with Crippen molar-refractivity contribution in [3.63, 3.8) is 0 Å². The first-order valence-electron chi connectivity index (χ1n) is 12.3. The average Bonchev–Trinajstić information content (AvgIpc) is 3.27. The number of hydrogen-bond donors (Lipinski definition) is 6. The zero-order chi connectivity index (χ0) is 26.7. The summed E-state index contributed by atoms with van der Waals surface area (Å²) in [4.78, 5) is 56.0. The van der Waals surface area contributed by atoms with Gasteiger partial charge in [0.2, 0.25) is 17.7 Å². The van der Waals surface area contributed by atoms with Gasteiger partial charge in [-0.25, -0.2) is 4.79 Å². The number of carboxylic acid groups (broad SMARTS) is 1. The van der Waals surface area contributed by atoms with Crippen LogP contribution in [0.5, 0.6) is 0 Å². The zero-order valence-electron chi connectivity index (χ0n) is 21.3. The van der Waals surface area contributed by atoms with E-state index in [1.54, 1.807) is 6.92 Å². The molecule has 1 heterocycles. The van der Waals surface area contributed by atoms with Crippen molar-refractivity contribution in [2.24, 2.45) is 34.0 Å². The molecule has 1 rings (SSSR count). The van der Waals surface area contributed by atoms with Gasteiger partial charge in [0.25, 0.3) is 0 Å². The van der Waals surface area contributed by atoms with Gasteiger partial charge in [0.15, 0.2) is 5.96 Å². The van der Waals surface area contributed by atoms with Gasteiger partial charge in [-0.3, -0.25) is 19.4 Å². The summed E-state index contributed by atoms with van der Waals surface area (Å²) >= 11 is 0. The van der Waals surface area contributed by atoms with Crippen LogP contribution >= 0.6 is 0 Å². The van der Waals surface area contributed by atoms with Gasteiger partial charge in [-0.05, 0) is 43.9 Å². The Balaban J connectivity index is 2.89. The van der Waals surface area contributed by atoms with Crippen molar-refractivity contribution >= 4 is 29.7 Å². The highest BCUT2D eigenvalue weighted by Gasteiger charge is 2.39. The summed E-state index contributed by atoms with van der Waals surface area (Å²) in [5.74, 6) is -2.63. The van der Waals surface area contributed by atoms with Crippen molar-refractivity contribution in [1.82, 2.24) is 15.5 Å². The van der Waals surface area contributed by atoms with Crippen LogP contribution in [0.2, 0.25) is 0 Å². The molecule has 0 aromatic rings. The van der Waals surface area contributed by atoms with Crippen LogP contribution in [0, 0.1) is 11.8 Å². The standard InChI is InChI=1S/C23H43N7O5/c1-5-14(4)18(22(34)35)29-20(32)17-9-7-11-30(17)21(33)16(12-13(2)3)28-19(31)15(24)8-6-10-27-23(25)26/h13-18H,5-12,24H2,1-4H3,(H,28,31)(H,29,32)(H,34,35)(H4,25,26,27). The smallest absolute Gasteiger partial charge is 0.326 e. The van der Waals surface area contributed by atoms with E-state index in [1.165, 1.54) is 4.90 Å². The molecule has 3 amide bonds. The number of guanidine groups is 1. The number of aliphatic carboxylic acids is 1. The molecule has 1 aliphatic rings. The largest absolute Gasteiger partial charge is 0.480 e. The van der Waals surface area contributed by atoms with Crippen molar-refractivity contribution in [3.05, 3.63) is 0 Å². The summed E-state index contributed by atoms with van der Waals surface area (Å²) in [5, 5.41) is 14.9. The van der Waals surface area contributed by atoms with E-state index in [2.05, 4.69) is 15.6 Å². The number of nitrogens with zero attached hydrogens (tertiary/aromatic N) is 2. The number of carboxylic acids is 1. The van der Waals surface area contributed by atoms with E-state index in [9.17, 15) is 24.3 Å². The molecule has 200 valence electrons. The second kappa shape index (κ2) is 14.5. The van der Waals surface area contributed by atoms with Crippen LogP contribution in [0.3, 0.4) is 0 Å². The average molecular weight is 498 g/mol. The maximum absolute atomic E-state index is 13.4. The minimum Gasteiger partial charge on any atom is -0.480 e. The lowest BCUT2D eigenvalue weighted by atomic mass is 9.98. The molecule has 1 fully saturated rings. The normalized spacial score (nSPS) is 18.9. The van der Waals surface area contributed by atoms with E-state index >= 15 is 0 Å². The number of amides is 3. The van der Waals surface area contributed by atoms with Crippen LogP contribution in [-0.4, -0.2) is 76.9 Å². The molecule has 0 aromatic carbocycles. The summed E-state index contributed by atoms with van der Waals surface area (Å²) < 4.78 is 0. The van der Waals surface area contributed by atoms with Gasteiger partial charge in [-0.1, -0.05) is 34.1 Å². The number of likely N-dealkylation sites (tertiary alicyclic amines) is 1. The molecule has 0 aromatic heterocycles. The van der Waals surface area contributed by atoms with Gasteiger partial charge in [0, 0.05) is 13.1 Å². The quantitative estimate of drug-likeness (QED) is 0.104. The molecule has 0 spiro atoms. The number of nitrogens with two attached hydrogens (primary N) is 3. The highest BCUT2D eigenvalue weighted by Crippen LogP contribution is 2.21. The van der Waals surface area contributed by atoms with E-state index in [0.29, 0.717) is 51.6 Å². The third-order valence-corrected chi connectivity index (χ3v) is 6.24. The Hall–Kier alpha value is -2.89. The second-order valence-electron chi connectivity index (χ2n) is 9.65. The first-order chi connectivity index (χ1) is 16.4. The molecule has 35 heavy (non-hydrogen) atoms. The minimum absolute atomic E-state index is 0.0337. The van der Waals surface area contributed by atoms with Crippen molar-refractivity contribution in [3.8, 4) is 0 Å². The number of carbonyl (C=O) groups is 4. The first kappa shape index (κ1) is 30.1. The highest BCUT2D eigenvalue weighted by atomic mass is 16.4. The van der Waals surface area contributed by atoms with Crippen LogP contribution < -0.4 is 27.8 Å². The van der Waals surface area contributed by atoms with Crippen LogP contribution in [0.25, 0.3) is 0 Å². The van der Waals surface area contributed by atoms with Crippen LogP contribution in [-0.2, 0) is 19.2 Å². The summed E-state index contributed by atoms with van der Waals surface area (Å²) in [5.41, 5.74) is 16.6. The van der Waals surface area contributed by atoms with Gasteiger partial charge < -0.3 is 37.8 Å². The monoisotopic (exact) mass is 497 g/mol. The molecule has 0 saturated carbocycles. The molecule has 12 heteroatoms. The van der Waals surface area contributed by atoms with Crippen molar-refractivity contribution in [2.45, 2.75) is 90.4 Å². The van der Waals surface area contributed by atoms with E-state index in [-0.39, 0.29) is 23.7 Å². The number of aliphatic imine (C=N–C) groups is 1. The Morgan fingerprint density at radius 3 is 2.34 bits per heavy atom. The lowest BCUT2D eigenvalue weighted by Gasteiger charge is -2.31. The Morgan fingerprint density at radius 2 is 1.80 bits per heavy atom. The first-order valence-corrected chi connectivity index (χ1v) is 12.3. The molecule has 0 aliphatic carbocycles. The third-order valence-electron chi connectivity index (χ3n) is 6.24. The predicted molar refractivity (Wildman–Crippen MR) is 133 cm³/mol. The van der Waals surface area contributed by atoms with Gasteiger partial charge in [-0.15, -0.1) is 0 Å². The Bertz CT molecular complexity index is 769. The van der Waals surface area contributed by atoms with Crippen molar-refractivity contribution in [2.75, 3.05) is 13.1 Å². The van der Waals surface area contributed by atoms with E-state index in [4.69, 9.17) is 17.2 Å². The summed E-state index contributed by atoms with van der Waals surface area (Å²) in [6.07, 6.45) is 2.84. The molecule has 5 atom stereocenters. The predicted octanol–water partition coefficient (Wildman–Crippen LogP) is -0.495. The Morgan fingerprint density at radius 1 is 1.14 bits per heavy atom. The summed E-state index contributed by atoms with van der Waals surface area (Å²) in [6.45, 7) is 8.16. The molecule has 5 unspecified atom stereocenters. The SMILES string of the molecule is CCC(C)C(NC(=O)C1CCCN1C(=O)C(CC(C)C)NC(=O)C(N)CCCN=C(N)N)C(=O)O. The number of rotatable bonds is 14. The van der Waals surface area contributed by atoms with E-state index in [1.807, 2.05) is 20.8 Å². The van der Waals surface area contributed by atoms with Crippen LogP contribution in [0.1, 0.15) is 66.2 Å². The van der Waals surface area contributed by atoms with E-state index < -0.39 is 42.0 Å². The maximum Gasteiger partial charge on any atom is 0.326 e. The fourth-order valence-electron chi connectivity index (χ4n) is 4.06. The van der Waals surface area contributed by atoms with Gasteiger partial charge >= 0.3 is 5.97 Å². The number of carbonyl (C=O) groups excluding carboxylic acids is 3. The zero-order valence-corrected chi connectivity index (χ0v) is 21.3. The van der Waals surface area contributed by atoms with E-state index in [0.717, 1.165) is 0 Å². The molecular weight excluding hydrogens is 454 g/mol. The third kappa shape index (κ3) is 9.71. The topological polar surface area (TPSA) is 206 Å². The molecule has 0 bridgehead atoms. The molecule has 0 radical (unpaired) electrons. The summed E-state index contributed by atoms with van der Waals surface area (Å²) in [7, 11) is 0. The fraction of sp³-hybridized carbons (Fsp3) is 0.783. The fourth-order valence-corrected chi connectivity index (χ4v) is 4.06. The summed E-state index contributed by atoms with van der Waals surface area (Å²) in [6, 6.07) is -3.50. The molecule has 9 N–H and O–H groups in total. The van der Waals surface area contributed by atoms with Crippen LogP contribution in [0.15, 0.2) is 4.99 Å². The Labute approximate surface area is 207 Å². The minimum atomic E-state index is -1.11. The van der Waals surface area contributed by atoms with Gasteiger partial charge in [0.1, 0.15) is 18.1 Å². The molecular formula is C23H43N7O5. The Kier molecular flexibility index (Phi) is 12.5. The lowest BCUT2D eigenvalue weighted by molar-refractivity contribution is -0.146. The highest BCUT2D eigenvalue weighted by molar-refractivity contribution is 5.94. The lowest BCUT2D eigenvalue weighted by Crippen LogP contribution is -2.57. The maximum atomic E-state index is 13.4. The number of hydrogen-bond acceptors (Lipinski definition) is 6. The van der Waals surface area contributed by atoms with Crippen molar-refractivity contribution < 1.29 is 24.3 Å². The molecule has 1 saturated heterocycles. The molecule has 12 nitrogen and oxygen atoms in total. The van der Waals surface area contributed by atoms with Gasteiger partial charge in [0.05, 0.1) is 6.04 Å². The van der Waals surface area contributed by atoms with Gasteiger partial charge in [-0.2, -0.15) is 0 Å². The van der Waals surface area contributed by atoms with Crippen LogP contribution in [0.4, 0.5) is 0 Å².